The topological polar surface area (TPSA) is 97.8 Å². The van der Waals surface area contributed by atoms with Crippen molar-refractivity contribution in [3.63, 3.8) is 0 Å². The molecule has 0 aliphatic rings. The molecule has 0 saturated carbocycles. The molecule has 1 aromatic heterocycles. The fourth-order valence-corrected chi connectivity index (χ4v) is 3.03. The van der Waals surface area contributed by atoms with Gasteiger partial charge in [0.15, 0.2) is 0 Å². The Morgan fingerprint density at radius 3 is 2.52 bits per heavy atom. The number of hydrogen-bond acceptors (Lipinski definition) is 3. The number of amides is 1. The molecule has 5 heteroatoms. The van der Waals surface area contributed by atoms with Crippen molar-refractivity contribution in [1.29, 1.82) is 0 Å². The lowest BCUT2D eigenvalue weighted by molar-refractivity contribution is 0.1000. The van der Waals surface area contributed by atoms with Crippen molar-refractivity contribution >= 4 is 5.91 Å². The third-order valence-electron chi connectivity index (χ3n) is 4.65. The maximum Gasteiger partial charge on any atom is 0.248 e. The van der Waals surface area contributed by atoms with E-state index in [1.807, 2.05) is 24.4 Å². The van der Waals surface area contributed by atoms with Gasteiger partial charge < -0.3 is 11.5 Å². The number of rotatable bonds is 6. The van der Waals surface area contributed by atoms with Crippen molar-refractivity contribution < 1.29 is 4.79 Å². The maximum atomic E-state index is 11.4. The van der Waals surface area contributed by atoms with Crippen LogP contribution in [0.4, 0.5) is 0 Å². The molecule has 0 radical (unpaired) electrons. The first-order valence-corrected chi connectivity index (χ1v) is 8.29. The molecule has 5 nitrogen and oxygen atoms in total. The number of benzene rings is 2. The average Bonchev–Trinajstić information content (AvgIpc) is 3.16. The minimum Gasteiger partial charge on any atom is -0.366 e. The molecule has 0 saturated heterocycles. The van der Waals surface area contributed by atoms with Gasteiger partial charge in [-0.1, -0.05) is 43.3 Å². The Morgan fingerprint density at radius 1 is 1.16 bits per heavy atom. The zero-order valence-electron chi connectivity index (χ0n) is 14.2. The summed E-state index contributed by atoms with van der Waals surface area (Å²) in [4.78, 5) is 11.4. The Morgan fingerprint density at radius 2 is 1.92 bits per heavy atom. The zero-order chi connectivity index (χ0) is 17.9. The fraction of sp³-hybridized carbons (Fsp3) is 0.200. The molecular formula is C20H22N4O. The Kier molecular flexibility index (Phi) is 4.67. The first-order valence-electron chi connectivity index (χ1n) is 8.29. The molecule has 2 aromatic carbocycles. The predicted octanol–water partition coefficient (Wildman–Crippen LogP) is 2.98. The highest BCUT2D eigenvalue weighted by Crippen LogP contribution is 2.29. The van der Waals surface area contributed by atoms with Crippen LogP contribution in [0.5, 0.6) is 0 Å². The van der Waals surface area contributed by atoms with E-state index in [9.17, 15) is 4.79 Å². The Hall–Kier alpha value is -2.92. The van der Waals surface area contributed by atoms with E-state index in [4.69, 9.17) is 11.5 Å². The van der Waals surface area contributed by atoms with Crippen molar-refractivity contribution in [3.8, 4) is 11.1 Å². The van der Waals surface area contributed by atoms with Crippen LogP contribution in [0.2, 0.25) is 0 Å². The molecule has 0 aliphatic heterocycles. The average molecular weight is 334 g/mol. The lowest BCUT2D eigenvalue weighted by atomic mass is 9.82. The second-order valence-corrected chi connectivity index (χ2v) is 6.32. The monoisotopic (exact) mass is 334 g/mol. The second kappa shape index (κ2) is 6.91. The van der Waals surface area contributed by atoms with Crippen LogP contribution in [0.15, 0.2) is 60.9 Å². The van der Waals surface area contributed by atoms with E-state index < -0.39 is 11.4 Å². The first-order chi connectivity index (χ1) is 12.0. The van der Waals surface area contributed by atoms with E-state index in [2.05, 4.69) is 41.4 Å². The molecule has 3 rings (SSSR count). The van der Waals surface area contributed by atoms with Gasteiger partial charge in [0.2, 0.25) is 5.91 Å². The summed E-state index contributed by atoms with van der Waals surface area (Å²) in [5.41, 5.74) is 16.3. The Bertz CT molecular complexity index is 856. The molecule has 1 unspecified atom stereocenters. The van der Waals surface area contributed by atoms with Gasteiger partial charge >= 0.3 is 0 Å². The molecular weight excluding hydrogens is 312 g/mol. The van der Waals surface area contributed by atoms with E-state index in [1.54, 1.807) is 12.3 Å². The van der Waals surface area contributed by atoms with Crippen LogP contribution < -0.4 is 11.5 Å². The van der Waals surface area contributed by atoms with Gasteiger partial charge in [-0.15, -0.1) is 0 Å². The van der Waals surface area contributed by atoms with Crippen molar-refractivity contribution in [3.05, 3.63) is 77.6 Å². The number of carbonyl (C=O) groups excluding carboxylic acids is 1. The minimum atomic E-state index is -0.509. The SMILES string of the molecule is CCC(N)(Cc1cccc(C(N)=O)c1)c1ccc(-c2cn[nH]c2)cc1. The lowest BCUT2D eigenvalue weighted by Crippen LogP contribution is -2.38. The van der Waals surface area contributed by atoms with Crippen molar-refractivity contribution in [2.45, 2.75) is 25.3 Å². The molecule has 5 N–H and O–H groups in total. The summed E-state index contributed by atoms with van der Waals surface area (Å²) in [5, 5.41) is 6.80. The fourth-order valence-electron chi connectivity index (χ4n) is 3.03. The number of aromatic nitrogens is 2. The Balaban J connectivity index is 1.87. The summed E-state index contributed by atoms with van der Waals surface area (Å²) < 4.78 is 0. The van der Waals surface area contributed by atoms with Crippen molar-refractivity contribution in [1.82, 2.24) is 10.2 Å². The van der Waals surface area contributed by atoms with Crippen LogP contribution in [0.1, 0.15) is 34.8 Å². The summed E-state index contributed by atoms with van der Waals surface area (Å²) in [6, 6.07) is 15.6. The molecule has 25 heavy (non-hydrogen) atoms. The largest absolute Gasteiger partial charge is 0.366 e. The van der Waals surface area contributed by atoms with Crippen LogP contribution >= 0.6 is 0 Å². The third kappa shape index (κ3) is 3.61. The number of aromatic amines is 1. The minimum absolute atomic E-state index is 0.426. The molecule has 0 fully saturated rings. The number of H-pyrrole nitrogens is 1. The number of hydrogen-bond donors (Lipinski definition) is 3. The van der Waals surface area contributed by atoms with Gasteiger partial charge in [0.1, 0.15) is 0 Å². The third-order valence-corrected chi connectivity index (χ3v) is 4.65. The highest BCUT2D eigenvalue weighted by Gasteiger charge is 2.26. The molecule has 1 atom stereocenters. The number of nitrogens with one attached hydrogen (secondary N) is 1. The molecule has 0 spiro atoms. The van der Waals surface area contributed by atoms with Crippen molar-refractivity contribution in [2.24, 2.45) is 11.5 Å². The standard InChI is InChI=1S/C20H22N4O/c1-2-20(22,11-14-4-3-5-16(10-14)19(21)25)18-8-6-15(7-9-18)17-12-23-24-13-17/h3-10,12-13H,2,11,22H2,1H3,(H2,21,25)(H,23,24). The summed E-state index contributed by atoms with van der Waals surface area (Å²) in [6.07, 6.45) is 5.06. The van der Waals surface area contributed by atoms with Crippen LogP contribution in [-0.4, -0.2) is 16.1 Å². The highest BCUT2D eigenvalue weighted by molar-refractivity contribution is 5.92. The van der Waals surface area contributed by atoms with Gasteiger partial charge in [-0.3, -0.25) is 9.89 Å². The van der Waals surface area contributed by atoms with Crippen molar-refractivity contribution in [2.75, 3.05) is 0 Å². The van der Waals surface area contributed by atoms with Crippen LogP contribution in [-0.2, 0) is 12.0 Å². The smallest absolute Gasteiger partial charge is 0.248 e. The van der Waals surface area contributed by atoms with Gasteiger partial charge in [-0.25, -0.2) is 0 Å². The van der Waals surface area contributed by atoms with E-state index in [1.165, 1.54) is 0 Å². The number of nitrogens with zero attached hydrogens (tertiary/aromatic N) is 1. The predicted molar refractivity (Wildman–Crippen MR) is 98.8 cm³/mol. The van der Waals surface area contributed by atoms with E-state index in [-0.39, 0.29) is 0 Å². The van der Waals surface area contributed by atoms with E-state index in [0.717, 1.165) is 28.7 Å². The van der Waals surface area contributed by atoms with Gasteiger partial charge in [-0.2, -0.15) is 5.10 Å². The quantitative estimate of drug-likeness (QED) is 0.646. The Labute approximate surface area is 147 Å². The molecule has 128 valence electrons. The normalized spacial score (nSPS) is 13.4. The van der Waals surface area contributed by atoms with Gasteiger partial charge in [0, 0.05) is 22.9 Å². The molecule has 1 amide bonds. The molecule has 0 bridgehead atoms. The van der Waals surface area contributed by atoms with Crippen LogP contribution in [0.25, 0.3) is 11.1 Å². The number of primary amides is 1. The lowest BCUT2D eigenvalue weighted by Gasteiger charge is -2.29. The highest BCUT2D eigenvalue weighted by atomic mass is 16.1. The molecule has 0 aliphatic carbocycles. The van der Waals surface area contributed by atoms with Gasteiger partial charge in [0.25, 0.3) is 0 Å². The second-order valence-electron chi connectivity index (χ2n) is 6.32. The number of nitrogens with two attached hydrogens (primary N) is 2. The summed E-state index contributed by atoms with van der Waals surface area (Å²) in [7, 11) is 0. The zero-order valence-corrected chi connectivity index (χ0v) is 14.2. The van der Waals surface area contributed by atoms with Gasteiger partial charge in [-0.05, 0) is 41.7 Å². The maximum absolute atomic E-state index is 11.4. The van der Waals surface area contributed by atoms with E-state index >= 15 is 0 Å². The molecule has 1 heterocycles. The van der Waals surface area contributed by atoms with Crippen LogP contribution in [0, 0.1) is 0 Å². The first kappa shape index (κ1) is 16.9. The van der Waals surface area contributed by atoms with Crippen LogP contribution in [0.3, 0.4) is 0 Å². The molecule has 3 aromatic rings. The summed E-state index contributed by atoms with van der Waals surface area (Å²) in [5.74, 6) is -0.426. The van der Waals surface area contributed by atoms with E-state index in [0.29, 0.717) is 12.0 Å². The summed E-state index contributed by atoms with van der Waals surface area (Å²) in [6.45, 7) is 2.07. The summed E-state index contributed by atoms with van der Waals surface area (Å²) >= 11 is 0. The van der Waals surface area contributed by atoms with Gasteiger partial charge in [0.05, 0.1) is 6.20 Å². The number of carbonyl (C=O) groups is 1.